The number of hydrogen-bond donors (Lipinski definition) is 1. The van der Waals surface area contributed by atoms with E-state index in [-0.39, 0.29) is 5.75 Å². The van der Waals surface area contributed by atoms with Gasteiger partial charge in [-0.3, -0.25) is 0 Å². The molecule has 0 saturated carbocycles. The van der Waals surface area contributed by atoms with E-state index in [0.29, 0.717) is 17.0 Å². The molecule has 0 saturated heterocycles. The van der Waals surface area contributed by atoms with Crippen LogP contribution in [-0.4, -0.2) is 11.3 Å². The maximum absolute atomic E-state index is 9.89. The van der Waals surface area contributed by atoms with Crippen molar-refractivity contribution in [3.8, 4) is 11.8 Å². The summed E-state index contributed by atoms with van der Waals surface area (Å²) < 4.78 is 0. The Hall–Kier alpha value is -2.90. The Labute approximate surface area is 156 Å². The van der Waals surface area contributed by atoms with E-state index in [1.165, 1.54) is 10.4 Å². The monoisotopic (exact) mass is 358 g/mol. The van der Waals surface area contributed by atoms with Gasteiger partial charge in [0.1, 0.15) is 16.8 Å². The van der Waals surface area contributed by atoms with Gasteiger partial charge in [0.2, 0.25) is 0 Å². The number of aliphatic imine (C=N–C) groups is 1. The SMILES string of the molecule is N#Cc1c(/N=C/c2ccccc2O)sc2c1CC(c1ccccc1)CC2. The van der Waals surface area contributed by atoms with Crippen LogP contribution in [0.15, 0.2) is 59.6 Å². The normalized spacial score (nSPS) is 16.3. The lowest BCUT2D eigenvalue weighted by Crippen LogP contribution is -2.11. The number of rotatable bonds is 3. The second-order valence-electron chi connectivity index (χ2n) is 6.46. The molecule has 26 heavy (non-hydrogen) atoms. The van der Waals surface area contributed by atoms with Crippen molar-refractivity contribution in [2.75, 3.05) is 0 Å². The van der Waals surface area contributed by atoms with Gasteiger partial charge in [-0.1, -0.05) is 42.5 Å². The first-order valence-electron chi connectivity index (χ1n) is 8.68. The summed E-state index contributed by atoms with van der Waals surface area (Å²) in [6.07, 6.45) is 4.62. The Balaban J connectivity index is 1.65. The van der Waals surface area contributed by atoms with E-state index in [9.17, 15) is 10.4 Å². The van der Waals surface area contributed by atoms with Crippen molar-refractivity contribution >= 4 is 22.6 Å². The highest BCUT2D eigenvalue weighted by atomic mass is 32.1. The number of phenolic OH excluding ortho intramolecular Hbond substituents is 1. The summed E-state index contributed by atoms with van der Waals surface area (Å²) in [6.45, 7) is 0. The molecule has 128 valence electrons. The lowest BCUT2D eigenvalue weighted by molar-refractivity contribution is 0.474. The molecule has 1 N–H and O–H groups in total. The molecular formula is C22H18N2OS. The molecule has 0 bridgehead atoms. The van der Waals surface area contributed by atoms with Crippen LogP contribution in [0.4, 0.5) is 5.00 Å². The summed E-state index contributed by atoms with van der Waals surface area (Å²) in [4.78, 5) is 5.80. The molecule has 4 rings (SSSR count). The fourth-order valence-corrected chi connectivity index (χ4v) is 4.65. The predicted molar refractivity (Wildman–Crippen MR) is 106 cm³/mol. The zero-order valence-electron chi connectivity index (χ0n) is 14.2. The molecule has 1 heterocycles. The first-order valence-corrected chi connectivity index (χ1v) is 9.49. The Kier molecular flexibility index (Phi) is 4.55. The van der Waals surface area contributed by atoms with Gasteiger partial charge in [-0.05, 0) is 48.4 Å². The molecule has 3 aromatic rings. The van der Waals surface area contributed by atoms with Crippen molar-refractivity contribution in [2.24, 2.45) is 4.99 Å². The molecule has 0 amide bonds. The molecule has 1 aliphatic rings. The zero-order chi connectivity index (χ0) is 17.9. The Morgan fingerprint density at radius 3 is 2.65 bits per heavy atom. The van der Waals surface area contributed by atoms with Gasteiger partial charge in [-0.2, -0.15) is 5.26 Å². The van der Waals surface area contributed by atoms with E-state index >= 15 is 0 Å². The quantitative estimate of drug-likeness (QED) is 0.642. The van der Waals surface area contributed by atoms with Crippen molar-refractivity contribution < 1.29 is 5.11 Å². The Morgan fingerprint density at radius 1 is 1.12 bits per heavy atom. The average Bonchev–Trinajstić information content (AvgIpc) is 3.04. The van der Waals surface area contributed by atoms with Gasteiger partial charge in [-0.25, -0.2) is 4.99 Å². The van der Waals surface area contributed by atoms with E-state index in [2.05, 4.69) is 35.3 Å². The topological polar surface area (TPSA) is 56.4 Å². The number of aryl methyl sites for hydroxylation is 1. The number of aromatic hydroxyl groups is 1. The fraction of sp³-hybridized carbons (Fsp3) is 0.182. The summed E-state index contributed by atoms with van der Waals surface area (Å²) in [7, 11) is 0. The molecule has 0 spiro atoms. The highest BCUT2D eigenvalue weighted by molar-refractivity contribution is 7.16. The number of nitriles is 1. The summed E-state index contributed by atoms with van der Waals surface area (Å²) >= 11 is 1.61. The van der Waals surface area contributed by atoms with E-state index in [1.54, 1.807) is 29.7 Å². The third kappa shape index (κ3) is 3.14. The third-order valence-corrected chi connectivity index (χ3v) is 6.08. The first kappa shape index (κ1) is 16.6. The maximum Gasteiger partial charge on any atom is 0.134 e. The molecule has 0 aliphatic heterocycles. The van der Waals surface area contributed by atoms with Gasteiger partial charge in [0.25, 0.3) is 0 Å². The van der Waals surface area contributed by atoms with E-state index in [1.807, 2.05) is 18.2 Å². The van der Waals surface area contributed by atoms with Gasteiger partial charge in [-0.15, -0.1) is 11.3 Å². The van der Waals surface area contributed by atoms with Crippen LogP contribution >= 0.6 is 11.3 Å². The predicted octanol–water partition coefficient (Wildman–Crippen LogP) is 5.35. The minimum Gasteiger partial charge on any atom is -0.507 e. The number of fused-ring (bicyclic) bond motifs is 1. The van der Waals surface area contributed by atoms with Crippen LogP contribution < -0.4 is 0 Å². The van der Waals surface area contributed by atoms with Gasteiger partial charge in [0.15, 0.2) is 0 Å². The van der Waals surface area contributed by atoms with E-state index in [4.69, 9.17) is 0 Å². The molecule has 1 aromatic heterocycles. The molecule has 1 atom stereocenters. The molecule has 3 nitrogen and oxygen atoms in total. The van der Waals surface area contributed by atoms with Gasteiger partial charge >= 0.3 is 0 Å². The molecule has 1 aliphatic carbocycles. The largest absolute Gasteiger partial charge is 0.507 e. The summed E-state index contributed by atoms with van der Waals surface area (Å²) in [5.41, 5.74) is 3.84. The number of nitrogens with zero attached hydrogens (tertiary/aromatic N) is 2. The fourth-order valence-electron chi connectivity index (χ4n) is 3.51. The minimum atomic E-state index is 0.195. The molecular weight excluding hydrogens is 340 g/mol. The number of hydrogen-bond acceptors (Lipinski definition) is 4. The maximum atomic E-state index is 9.89. The summed E-state index contributed by atoms with van der Waals surface area (Å²) in [5, 5.41) is 20.3. The first-order chi connectivity index (χ1) is 12.8. The van der Waals surface area contributed by atoms with Crippen LogP contribution in [-0.2, 0) is 12.8 Å². The zero-order valence-corrected chi connectivity index (χ0v) is 15.0. The number of phenols is 1. The highest BCUT2D eigenvalue weighted by Gasteiger charge is 2.26. The standard InChI is InChI=1S/C22H18N2OS/c23-13-19-18-12-16(15-6-2-1-3-7-15)10-11-21(18)26-22(19)24-14-17-8-4-5-9-20(17)25/h1-9,14,16,25H,10-12H2/b24-14+. The van der Waals surface area contributed by atoms with Crippen LogP contribution in [0.25, 0.3) is 0 Å². The molecule has 0 radical (unpaired) electrons. The van der Waals surface area contributed by atoms with E-state index < -0.39 is 0 Å². The van der Waals surface area contributed by atoms with Crippen LogP contribution in [0.1, 0.15) is 39.5 Å². The van der Waals surface area contributed by atoms with Crippen molar-refractivity contribution in [3.63, 3.8) is 0 Å². The summed E-state index contributed by atoms with van der Waals surface area (Å²) in [6, 6.07) is 20.0. The molecule has 1 unspecified atom stereocenters. The van der Waals surface area contributed by atoms with Crippen molar-refractivity contribution in [3.05, 3.63) is 81.7 Å². The minimum absolute atomic E-state index is 0.195. The Bertz CT molecular complexity index is 999. The smallest absolute Gasteiger partial charge is 0.134 e. The molecule has 4 heteroatoms. The third-order valence-electron chi connectivity index (χ3n) is 4.88. The number of thiophene rings is 1. The molecule has 2 aromatic carbocycles. The van der Waals surface area contributed by atoms with Crippen LogP contribution in [0, 0.1) is 11.3 Å². The second kappa shape index (κ2) is 7.15. The van der Waals surface area contributed by atoms with Crippen LogP contribution in [0.2, 0.25) is 0 Å². The Morgan fingerprint density at radius 2 is 1.88 bits per heavy atom. The van der Waals surface area contributed by atoms with Gasteiger partial charge < -0.3 is 5.11 Å². The van der Waals surface area contributed by atoms with E-state index in [0.717, 1.165) is 29.8 Å². The lowest BCUT2D eigenvalue weighted by atomic mass is 9.82. The lowest BCUT2D eigenvalue weighted by Gasteiger charge is -2.22. The van der Waals surface area contributed by atoms with Gasteiger partial charge in [0.05, 0.1) is 5.56 Å². The van der Waals surface area contributed by atoms with Gasteiger partial charge in [0, 0.05) is 16.7 Å². The summed E-state index contributed by atoms with van der Waals surface area (Å²) in [5.74, 6) is 0.653. The number of para-hydroxylation sites is 1. The van der Waals surface area contributed by atoms with Crippen molar-refractivity contribution in [2.45, 2.75) is 25.2 Å². The average molecular weight is 358 g/mol. The molecule has 0 fully saturated rings. The number of benzene rings is 2. The van der Waals surface area contributed by atoms with Crippen LogP contribution in [0.5, 0.6) is 5.75 Å². The van der Waals surface area contributed by atoms with Crippen LogP contribution in [0.3, 0.4) is 0 Å². The van der Waals surface area contributed by atoms with Crippen molar-refractivity contribution in [1.82, 2.24) is 0 Å². The second-order valence-corrected chi connectivity index (χ2v) is 7.55. The van der Waals surface area contributed by atoms with Crippen molar-refractivity contribution in [1.29, 1.82) is 5.26 Å². The highest BCUT2D eigenvalue weighted by Crippen LogP contribution is 2.43.